The highest BCUT2D eigenvalue weighted by molar-refractivity contribution is 5.89. The molecule has 1 N–H and O–H groups in total. The summed E-state index contributed by atoms with van der Waals surface area (Å²) in [6, 6.07) is 9.92. The van der Waals surface area contributed by atoms with Crippen LogP contribution in [0.5, 0.6) is 0 Å². The zero-order valence-corrected chi connectivity index (χ0v) is 11.1. The molecule has 2 amide bonds. The third kappa shape index (κ3) is 3.23. The second-order valence-electron chi connectivity index (χ2n) is 4.94. The van der Waals surface area contributed by atoms with Crippen LogP contribution in [-0.4, -0.2) is 49.1 Å². The van der Waals surface area contributed by atoms with E-state index in [1.165, 1.54) is 0 Å². The van der Waals surface area contributed by atoms with Crippen molar-refractivity contribution in [1.29, 1.82) is 0 Å². The van der Waals surface area contributed by atoms with E-state index in [9.17, 15) is 4.79 Å². The second kappa shape index (κ2) is 5.87. The molecule has 98 valence electrons. The Morgan fingerprint density at radius 3 is 2.50 bits per heavy atom. The summed E-state index contributed by atoms with van der Waals surface area (Å²) in [4.78, 5) is 16.2. The van der Waals surface area contributed by atoms with Gasteiger partial charge in [0.15, 0.2) is 0 Å². The minimum Gasteiger partial charge on any atom is -0.325 e. The Balaban J connectivity index is 1.89. The molecule has 1 heterocycles. The first kappa shape index (κ1) is 12.9. The number of rotatable bonds is 2. The molecule has 0 atom stereocenters. The van der Waals surface area contributed by atoms with Crippen LogP contribution in [0.25, 0.3) is 0 Å². The van der Waals surface area contributed by atoms with Gasteiger partial charge < -0.3 is 15.1 Å². The number of carbonyl (C=O) groups is 1. The Morgan fingerprint density at radius 2 is 1.89 bits per heavy atom. The van der Waals surface area contributed by atoms with Gasteiger partial charge in [0.05, 0.1) is 0 Å². The van der Waals surface area contributed by atoms with Crippen molar-refractivity contribution in [3.63, 3.8) is 0 Å². The monoisotopic (exact) mass is 247 g/mol. The highest BCUT2D eigenvalue weighted by atomic mass is 16.2. The van der Waals surface area contributed by atoms with Crippen molar-refractivity contribution in [3.05, 3.63) is 30.3 Å². The van der Waals surface area contributed by atoms with Crippen LogP contribution < -0.4 is 5.32 Å². The lowest BCUT2D eigenvalue weighted by atomic mass is 10.0. The summed E-state index contributed by atoms with van der Waals surface area (Å²) in [6.07, 6.45) is 2.10. The molecule has 1 aliphatic rings. The lowest BCUT2D eigenvalue weighted by molar-refractivity contribution is 0.156. The SMILES string of the molecule is CN1CCC(N(C)C(=O)Nc2ccccc2)CC1. The van der Waals surface area contributed by atoms with Gasteiger partial charge in [0, 0.05) is 18.8 Å². The molecule has 4 nitrogen and oxygen atoms in total. The van der Waals surface area contributed by atoms with E-state index in [2.05, 4.69) is 17.3 Å². The number of piperidine rings is 1. The number of amides is 2. The van der Waals surface area contributed by atoms with Crippen LogP contribution in [0.15, 0.2) is 30.3 Å². The molecule has 1 saturated heterocycles. The number of likely N-dealkylation sites (tertiary alicyclic amines) is 1. The number of carbonyl (C=O) groups excluding carboxylic acids is 1. The summed E-state index contributed by atoms with van der Waals surface area (Å²) in [7, 11) is 4.01. The van der Waals surface area contributed by atoms with Gasteiger partial charge in [-0.15, -0.1) is 0 Å². The maximum absolute atomic E-state index is 12.1. The topological polar surface area (TPSA) is 35.6 Å². The zero-order valence-electron chi connectivity index (χ0n) is 11.1. The van der Waals surface area contributed by atoms with E-state index >= 15 is 0 Å². The van der Waals surface area contributed by atoms with Crippen LogP contribution in [0.3, 0.4) is 0 Å². The van der Waals surface area contributed by atoms with Crippen LogP contribution in [0.1, 0.15) is 12.8 Å². The van der Waals surface area contributed by atoms with Crippen molar-refractivity contribution in [1.82, 2.24) is 9.80 Å². The Hall–Kier alpha value is -1.55. The van der Waals surface area contributed by atoms with Crippen LogP contribution in [-0.2, 0) is 0 Å². The summed E-state index contributed by atoms with van der Waals surface area (Å²) in [5.41, 5.74) is 0.849. The fourth-order valence-corrected chi connectivity index (χ4v) is 2.28. The van der Waals surface area contributed by atoms with Crippen LogP contribution >= 0.6 is 0 Å². The van der Waals surface area contributed by atoms with Gasteiger partial charge in [0.25, 0.3) is 0 Å². The second-order valence-corrected chi connectivity index (χ2v) is 4.94. The highest BCUT2D eigenvalue weighted by Gasteiger charge is 2.23. The summed E-state index contributed by atoms with van der Waals surface area (Å²) in [6.45, 7) is 2.13. The zero-order chi connectivity index (χ0) is 13.0. The van der Waals surface area contributed by atoms with Crippen LogP contribution in [0.2, 0.25) is 0 Å². The predicted molar refractivity (Wildman–Crippen MR) is 73.7 cm³/mol. The average molecular weight is 247 g/mol. The molecule has 0 saturated carbocycles. The molecule has 1 aromatic rings. The summed E-state index contributed by atoms with van der Waals surface area (Å²) < 4.78 is 0. The fraction of sp³-hybridized carbons (Fsp3) is 0.500. The first-order valence-electron chi connectivity index (χ1n) is 6.44. The number of anilines is 1. The number of hydrogen-bond donors (Lipinski definition) is 1. The number of urea groups is 1. The molecular weight excluding hydrogens is 226 g/mol. The smallest absolute Gasteiger partial charge is 0.321 e. The van der Waals surface area contributed by atoms with Crippen LogP contribution in [0.4, 0.5) is 10.5 Å². The van der Waals surface area contributed by atoms with Crippen LogP contribution in [0, 0.1) is 0 Å². The number of para-hydroxylation sites is 1. The summed E-state index contributed by atoms with van der Waals surface area (Å²) in [5.74, 6) is 0. The molecule has 0 aromatic heterocycles. The van der Waals surface area contributed by atoms with E-state index in [1.807, 2.05) is 42.3 Å². The number of nitrogens with one attached hydrogen (secondary N) is 1. The molecular formula is C14H21N3O. The van der Waals surface area contributed by atoms with E-state index in [4.69, 9.17) is 0 Å². The Morgan fingerprint density at radius 1 is 1.28 bits per heavy atom. The molecule has 1 aromatic carbocycles. The number of hydrogen-bond acceptors (Lipinski definition) is 2. The van der Waals surface area contributed by atoms with Gasteiger partial charge in [-0.1, -0.05) is 18.2 Å². The summed E-state index contributed by atoms with van der Waals surface area (Å²) in [5, 5.41) is 2.92. The van der Waals surface area contributed by atoms with Crippen molar-refractivity contribution >= 4 is 11.7 Å². The highest BCUT2D eigenvalue weighted by Crippen LogP contribution is 2.15. The lowest BCUT2D eigenvalue weighted by Crippen LogP contribution is -2.46. The van der Waals surface area contributed by atoms with E-state index in [0.717, 1.165) is 31.6 Å². The molecule has 0 bridgehead atoms. The molecule has 1 aliphatic heterocycles. The molecule has 18 heavy (non-hydrogen) atoms. The predicted octanol–water partition coefficient (Wildman–Crippen LogP) is 2.24. The van der Waals surface area contributed by atoms with Gasteiger partial charge in [-0.2, -0.15) is 0 Å². The molecule has 1 fully saturated rings. The number of benzene rings is 1. The first-order valence-corrected chi connectivity index (χ1v) is 6.44. The largest absolute Gasteiger partial charge is 0.325 e. The third-order valence-electron chi connectivity index (χ3n) is 3.58. The van der Waals surface area contributed by atoms with Gasteiger partial charge in [-0.3, -0.25) is 0 Å². The Bertz CT molecular complexity index is 385. The molecule has 2 rings (SSSR count). The van der Waals surface area contributed by atoms with Crippen molar-refractivity contribution in [2.75, 3.05) is 32.5 Å². The van der Waals surface area contributed by atoms with Crippen molar-refractivity contribution < 1.29 is 4.79 Å². The first-order chi connectivity index (χ1) is 8.66. The van der Waals surface area contributed by atoms with E-state index in [-0.39, 0.29) is 6.03 Å². The van der Waals surface area contributed by atoms with Gasteiger partial charge in [-0.05, 0) is 45.1 Å². The molecule has 4 heteroatoms. The molecule has 0 spiro atoms. The van der Waals surface area contributed by atoms with E-state index in [1.54, 1.807) is 0 Å². The third-order valence-corrected chi connectivity index (χ3v) is 3.58. The normalized spacial score (nSPS) is 17.4. The minimum atomic E-state index is -0.0178. The van der Waals surface area contributed by atoms with Crippen molar-refractivity contribution in [2.45, 2.75) is 18.9 Å². The van der Waals surface area contributed by atoms with E-state index < -0.39 is 0 Å². The van der Waals surface area contributed by atoms with Crippen molar-refractivity contribution in [3.8, 4) is 0 Å². The number of nitrogens with zero attached hydrogens (tertiary/aromatic N) is 2. The molecule has 0 unspecified atom stereocenters. The van der Waals surface area contributed by atoms with Crippen molar-refractivity contribution in [2.24, 2.45) is 0 Å². The minimum absolute atomic E-state index is 0.0178. The fourth-order valence-electron chi connectivity index (χ4n) is 2.28. The summed E-state index contributed by atoms with van der Waals surface area (Å²) >= 11 is 0. The van der Waals surface area contributed by atoms with Gasteiger partial charge >= 0.3 is 6.03 Å². The maximum Gasteiger partial charge on any atom is 0.321 e. The quantitative estimate of drug-likeness (QED) is 0.870. The van der Waals surface area contributed by atoms with Gasteiger partial charge in [-0.25, -0.2) is 4.79 Å². The maximum atomic E-state index is 12.1. The molecule has 0 radical (unpaired) electrons. The average Bonchev–Trinajstić information content (AvgIpc) is 2.40. The lowest BCUT2D eigenvalue weighted by Gasteiger charge is -2.35. The Kier molecular flexibility index (Phi) is 4.20. The van der Waals surface area contributed by atoms with Gasteiger partial charge in [0.2, 0.25) is 0 Å². The Labute approximate surface area is 109 Å². The van der Waals surface area contributed by atoms with E-state index in [0.29, 0.717) is 6.04 Å². The van der Waals surface area contributed by atoms with Gasteiger partial charge in [0.1, 0.15) is 0 Å². The molecule has 0 aliphatic carbocycles. The standard InChI is InChI=1S/C14H21N3O/c1-16-10-8-13(9-11-16)17(2)14(18)15-12-6-4-3-5-7-12/h3-7,13H,8-11H2,1-2H3,(H,15,18).